The molecule has 2 aromatic carbocycles. The third kappa shape index (κ3) is 6.30. The second-order valence-electron chi connectivity index (χ2n) is 6.93. The summed E-state index contributed by atoms with van der Waals surface area (Å²) in [6.45, 7) is 4.01. The molecule has 0 radical (unpaired) electrons. The Kier molecular flexibility index (Phi) is 8.94. The van der Waals surface area contributed by atoms with Crippen molar-refractivity contribution < 1.29 is 27.5 Å². The maximum Gasteiger partial charge on any atom is 0.255 e. The van der Waals surface area contributed by atoms with Crippen LogP contribution < -0.4 is 21.1 Å². The summed E-state index contributed by atoms with van der Waals surface area (Å²) in [4.78, 5) is 36.1. The number of carbonyl (C=O) groups is 3. The van der Waals surface area contributed by atoms with Crippen LogP contribution in [0.2, 0.25) is 0 Å². The zero-order chi connectivity index (χ0) is 24.6. The summed E-state index contributed by atoms with van der Waals surface area (Å²) >= 11 is 0. The van der Waals surface area contributed by atoms with Crippen LogP contribution in [0.3, 0.4) is 0 Å². The lowest BCUT2D eigenvalue weighted by Crippen LogP contribution is -2.31. The van der Waals surface area contributed by atoms with E-state index in [2.05, 4.69) is 10.6 Å². The SMILES string of the molecule is CCN(CC)S(=O)(=O)c1cc(C(=O)Nc2ccccc2C(=O)NCCC(N)=O)ccc1OC. The lowest BCUT2D eigenvalue weighted by Gasteiger charge is -2.20. The van der Waals surface area contributed by atoms with Crippen LogP contribution in [0.15, 0.2) is 47.4 Å². The van der Waals surface area contributed by atoms with E-state index in [1.807, 2.05) is 0 Å². The third-order valence-electron chi connectivity index (χ3n) is 4.83. The van der Waals surface area contributed by atoms with Crippen LogP contribution >= 0.6 is 0 Å². The molecule has 33 heavy (non-hydrogen) atoms. The van der Waals surface area contributed by atoms with E-state index in [0.29, 0.717) is 0 Å². The van der Waals surface area contributed by atoms with E-state index in [-0.39, 0.29) is 53.5 Å². The number of nitrogens with two attached hydrogens (primary N) is 1. The largest absolute Gasteiger partial charge is 0.495 e. The monoisotopic (exact) mass is 476 g/mol. The molecule has 0 spiro atoms. The Morgan fingerprint density at radius 1 is 1.03 bits per heavy atom. The van der Waals surface area contributed by atoms with Crippen LogP contribution in [0.25, 0.3) is 0 Å². The van der Waals surface area contributed by atoms with Crippen molar-refractivity contribution >= 4 is 33.4 Å². The van der Waals surface area contributed by atoms with Gasteiger partial charge in [0, 0.05) is 31.6 Å². The topological polar surface area (TPSA) is 148 Å². The van der Waals surface area contributed by atoms with E-state index in [9.17, 15) is 22.8 Å². The molecule has 2 rings (SSSR count). The van der Waals surface area contributed by atoms with Gasteiger partial charge >= 0.3 is 0 Å². The number of rotatable bonds is 11. The molecule has 11 heteroatoms. The van der Waals surface area contributed by atoms with Gasteiger partial charge < -0.3 is 21.1 Å². The Bertz CT molecular complexity index is 1130. The number of methoxy groups -OCH3 is 1. The van der Waals surface area contributed by atoms with Gasteiger partial charge in [-0.05, 0) is 30.3 Å². The van der Waals surface area contributed by atoms with Crippen LogP contribution in [0.1, 0.15) is 41.0 Å². The van der Waals surface area contributed by atoms with Crippen molar-refractivity contribution in [3.63, 3.8) is 0 Å². The molecule has 0 aromatic heterocycles. The number of hydrogen-bond donors (Lipinski definition) is 3. The van der Waals surface area contributed by atoms with Crippen molar-refractivity contribution in [1.29, 1.82) is 0 Å². The Morgan fingerprint density at radius 3 is 2.30 bits per heavy atom. The predicted octanol–water partition coefficient (Wildman–Crippen LogP) is 1.58. The number of benzene rings is 2. The number of para-hydroxylation sites is 1. The Labute approximate surface area is 193 Å². The van der Waals surface area contributed by atoms with Crippen LogP contribution in [-0.2, 0) is 14.8 Å². The van der Waals surface area contributed by atoms with Gasteiger partial charge in [0.1, 0.15) is 10.6 Å². The normalized spacial score (nSPS) is 11.2. The second kappa shape index (κ2) is 11.4. The summed E-state index contributed by atoms with van der Waals surface area (Å²) in [6, 6.07) is 10.4. The highest BCUT2D eigenvalue weighted by Gasteiger charge is 2.27. The number of nitrogens with zero attached hydrogens (tertiary/aromatic N) is 1. The van der Waals surface area contributed by atoms with Gasteiger partial charge in [-0.15, -0.1) is 0 Å². The van der Waals surface area contributed by atoms with Gasteiger partial charge in [-0.1, -0.05) is 26.0 Å². The van der Waals surface area contributed by atoms with Crippen LogP contribution in [0, 0.1) is 0 Å². The fourth-order valence-corrected chi connectivity index (χ4v) is 4.74. The van der Waals surface area contributed by atoms with Crippen molar-refractivity contribution in [2.45, 2.75) is 25.2 Å². The van der Waals surface area contributed by atoms with E-state index in [1.165, 1.54) is 41.7 Å². The zero-order valence-corrected chi connectivity index (χ0v) is 19.6. The molecule has 10 nitrogen and oxygen atoms in total. The first kappa shape index (κ1) is 25.8. The van der Waals surface area contributed by atoms with Crippen molar-refractivity contribution in [2.24, 2.45) is 5.73 Å². The molecule has 0 heterocycles. The van der Waals surface area contributed by atoms with Crippen LogP contribution in [0.5, 0.6) is 5.75 Å². The molecule has 0 fully saturated rings. The summed E-state index contributed by atoms with van der Waals surface area (Å²) in [5.74, 6) is -1.53. The van der Waals surface area contributed by atoms with Crippen molar-refractivity contribution in [1.82, 2.24) is 9.62 Å². The molecule has 0 aliphatic heterocycles. The molecule has 2 aromatic rings. The number of primary amides is 1. The molecule has 0 bridgehead atoms. The molecule has 3 amide bonds. The standard InChI is InChI=1S/C22H28N4O6S/c1-4-26(5-2)33(30,31)19-14-15(10-11-18(19)32-3)21(28)25-17-9-7-6-8-16(17)22(29)24-13-12-20(23)27/h6-11,14H,4-5,12-13H2,1-3H3,(H2,23,27)(H,24,29)(H,25,28). The van der Waals surface area contributed by atoms with Crippen molar-refractivity contribution in [3.05, 3.63) is 53.6 Å². The first-order valence-electron chi connectivity index (χ1n) is 10.3. The first-order valence-corrected chi connectivity index (χ1v) is 11.7. The quantitative estimate of drug-likeness (QED) is 0.448. The molecule has 0 atom stereocenters. The summed E-state index contributed by atoms with van der Waals surface area (Å²) < 4.78 is 32.5. The van der Waals surface area contributed by atoms with E-state index >= 15 is 0 Å². The number of sulfonamides is 1. The maximum absolute atomic E-state index is 13.0. The molecule has 0 unspecified atom stereocenters. The van der Waals surface area contributed by atoms with Gasteiger partial charge in [-0.2, -0.15) is 4.31 Å². The number of carbonyl (C=O) groups excluding carboxylic acids is 3. The molecule has 178 valence electrons. The van der Waals surface area contributed by atoms with E-state index in [4.69, 9.17) is 10.5 Å². The lowest BCUT2D eigenvalue weighted by molar-refractivity contribution is -0.117. The summed E-state index contributed by atoms with van der Waals surface area (Å²) in [6.07, 6.45) is -0.0180. The summed E-state index contributed by atoms with van der Waals surface area (Å²) in [5, 5.41) is 5.20. The number of anilines is 1. The average Bonchev–Trinajstić information content (AvgIpc) is 2.79. The highest BCUT2D eigenvalue weighted by molar-refractivity contribution is 7.89. The molecule has 0 aliphatic carbocycles. The minimum atomic E-state index is -3.89. The third-order valence-corrected chi connectivity index (χ3v) is 6.90. The second-order valence-corrected chi connectivity index (χ2v) is 8.83. The lowest BCUT2D eigenvalue weighted by atomic mass is 10.1. The predicted molar refractivity (Wildman–Crippen MR) is 124 cm³/mol. The fraction of sp³-hybridized carbons (Fsp3) is 0.318. The average molecular weight is 477 g/mol. The smallest absolute Gasteiger partial charge is 0.255 e. The van der Waals surface area contributed by atoms with Gasteiger partial charge in [0.2, 0.25) is 15.9 Å². The molecule has 0 saturated carbocycles. The molecule has 0 aliphatic rings. The van der Waals surface area contributed by atoms with Gasteiger partial charge in [-0.25, -0.2) is 8.42 Å². The van der Waals surface area contributed by atoms with Crippen molar-refractivity contribution in [3.8, 4) is 5.75 Å². The summed E-state index contributed by atoms with van der Waals surface area (Å²) in [7, 11) is -2.53. The Morgan fingerprint density at radius 2 is 1.70 bits per heavy atom. The van der Waals surface area contributed by atoms with Gasteiger partial charge in [0.15, 0.2) is 0 Å². The van der Waals surface area contributed by atoms with Crippen LogP contribution in [-0.4, -0.2) is 57.2 Å². The highest BCUT2D eigenvalue weighted by Crippen LogP contribution is 2.28. The molecular formula is C22H28N4O6S. The number of hydrogen-bond acceptors (Lipinski definition) is 6. The van der Waals surface area contributed by atoms with E-state index < -0.39 is 27.7 Å². The van der Waals surface area contributed by atoms with Gasteiger partial charge in [0.05, 0.1) is 18.4 Å². The Hall–Kier alpha value is -3.44. The Balaban J connectivity index is 2.34. The first-order chi connectivity index (χ1) is 15.6. The van der Waals surface area contributed by atoms with Gasteiger partial charge in [0.25, 0.3) is 11.8 Å². The minimum absolute atomic E-state index is 0.0180. The summed E-state index contributed by atoms with van der Waals surface area (Å²) in [5.41, 5.74) is 5.56. The number of amides is 3. The number of ether oxygens (including phenoxy) is 1. The maximum atomic E-state index is 13.0. The van der Waals surface area contributed by atoms with Crippen molar-refractivity contribution in [2.75, 3.05) is 32.1 Å². The highest BCUT2D eigenvalue weighted by atomic mass is 32.2. The molecule has 0 saturated heterocycles. The van der Waals surface area contributed by atoms with E-state index in [0.717, 1.165) is 0 Å². The van der Waals surface area contributed by atoms with Gasteiger partial charge in [-0.3, -0.25) is 14.4 Å². The molecular weight excluding hydrogens is 448 g/mol. The van der Waals surface area contributed by atoms with Crippen LogP contribution in [0.4, 0.5) is 5.69 Å². The zero-order valence-electron chi connectivity index (χ0n) is 18.8. The molecule has 4 N–H and O–H groups in total. The number of nitrogens with one attached hydrogen (secondary N) is 2. The fourth-order valence-electron chi connectivity index (χ4n) is 3.10. The minimum Gasteiger partial charge on any atom is -0.495 e. The van der Waals surface area contributed by atoms with E-state index in [1.54, 1.807) is 26.0 Å².